The zero-order chi connectivity index (χ0) is 19.1. The predicted molar refractivity (Wildman–Crippen MR) is 110 cm³/mol. The highest BCUT2D eigenvalue weighted by atomic mass is 35.5. The molecule has 3 heterocycles. The van der Waals surface area contributed by atoms with Crippen LogP contribution in [0.25, 0.3) is 22.2 Å². The Morgan fingerprint density at radius 1 is 1.22 bits per heavy atom. The number of piperazine rings is 1. The van der Waals surface area contributed by atoms with Crippen LogP contribution in [-0.2, 0) is 4.79 Å². The standard InChI is InChI=1S/C21H23ClN4O/c1-13-11-25(12-14(2)26(13)15(3)27)18-6-4-5-16(7-18)20-10-24-21-19(20)8-17(22)9-23-21/h4-10,13-14H,11-12H2,1-3H3,(H,23,24)/t13-,14+. The van der Waals surface area contributed by atoms with E-state index in [-0.39, 0.29) is 18.0 Å². The molecule has 27 heavy (non-hydrogen) atoms. The van der Waals surface area contributed by atoms with Gasteiger partial charge in [-0.05, 0) is 37.6 Å². The molecule has 0 bridgehead atoms. The minimum Gasteiger partial charge on any atom is -0.367 e. The molecule has 1 aliphatic rings. The molecule has 3 aromatic rings. The third-order valence-corrected chi connectivity index (χ3v) is 5.51. The van der Waals surface area contributed by atoms with E-state index < -0.39 is 0 Å². The van der Waals surface area contributed by atoms with Crippen LogP contribution in [0, 0.1) is 0 Å². The van der Waals surface area contributed by atoms with E-state index in [4.69, 9.17) is 11.6 Å². The minimum absolute atomic E-state index is 0.145. The normalized spacial score (nSPS) is 20.3. The first-order valence-corrected chi connectivity index (χ1v) is 9.58. The van der Waals surface area contributed by atoms with Crippen LogP contribution in [0.2, 0.25) is 5.02 Å². The fourth-order valence-electron chi connectivity index (χ4n) is 4.24. The number of rotatable bonds is 2. The number of nitrogens with one attached hydrogen (secondary N) is 1. The number of aromatic amines is 1. The molecule has 0 spiro atoms. The van der Waals surface area contributed by atoms with Gasteiger partial charge in [0.2, 0.25) is 5.91 Å². The lowest BCUT2D eigenvalue weighted by atomic mass is 10.0. The second-order valence-corrected chi connectivity index (χ2v) is 7.77. The van der Waals surface area contributed by atoms with Gasteiger partial charge in [0.25, 0.3) is 0 Å². The van der Waals surface area contributed by atoms with E-state index in [1.54, 1.807) is 13.1 Å². The van der Waals surface area contributed by atoms with E-state index in [9.17, 15) is 4.79 Å². The fraction of sp³-hybridized carbons (Fsp3) is 0.333. The predicted octanol–water partition coefficient (Wildman–Crippen LogP) is 4.33. The molecule has 0 aliphatic carbocycles. The Hall–Kier alpha value is -2.53. The van der Waals surface area contributed by atoms with Crippen molar-refractivity contribution in [2.45, 2.75) is 32.9 Å². The quantitative estimate of drug-likeness (QED) is 0.717. The third-order valence-electron chi connectivity index (χ3n) is 5.30. The summed E-state index contributed by atoms with van der Waals surface area (Å²) in [6, 6.07) is 10.8. The van der Waals surface area contributed by atoms with E-state index >= 15 is 0 Å². The van der Waals surface area contributed by atoms with Crippen LogP contribution in [0.5, 0.6) is 0 Å². The second-order valence-electron chi connectivity index (χ2n) is 7.33. The fourth-order valence-corrected chi connectivity index (χ4v) is 4.40. The number of aromatic nitrogens is 2. The molecule has 5 nitrogen and oxygen atoms in total. The highest BCUT2D eigenvalue weighted by Gasteiger charge is 2.31. The summed E-state index contributed by atoms with van der Waals surface area (Å²) >= 11 is 6.14. The molecule has 1 saturated heterocycles. The number of nitrogens with zero attached hydrogens (tertiary/aromatic N) is 3. The van der Waals surface area contributed by atoms with Crippen molar-refractivity contribution >= 4 is 34.2 Å². The molecule has 4 rings (SSSR count). The van der Waals surface area contributed by atoms with E-state index in [2.05, 4.69) is 53.0 Å². The van der Waals surface area contributed by atoms with Crippen molar-refractivity contribution < 1.29 is 4.79 Å². The maximum absolute atomic E-state index is 11.9. The third kappa shape index (κ3) is 3.28. The molecule has 0 radical (unpaired) electrons. The zero-order valence-electron chi connectivity index (χ0n) is 15.7. The van der Waals surface area contributed by atoms with Crippen molar-refractivity contribution in [3.05, 3.63) is 47.7 Å². The first kappa shape index (κ1) is 17.9. The lowest BCUT2D eigenvalue weighted by Gasteiger charge is -2.45. The van der Waals surface area contributed by atoms with Crippen LogP contribution >= 0.6 is 11.6 Å². The van der Waals surface area contributed by atoms with Crippen molar-refractivity contribution in [2.75, 3.05) is 18.0 Å². The Kier molecular flexibility index (Phi) is 4.56. The van der Waals surface area contributed by atoms with E-state index in [0.29, 0.717) is 5.02 Å². The summed E-state index contributed by atoms with van der Waals surface area (Å²) in [5.41, 5.74) is 4.21. The van der Waals surface area contributed by atoms with Gasteiger partial charge in [-0.1, -0.05) is 23.7 Å². The molecule has 140 valence electrons. The van der Waals surface area contributed by atoms with Crippen LogP contribution in [0.1, 0.15) is 20.8 Å². The summed E-state index contributed by atoms with van der Waals surface area (Å²) in [7, 11) is 0. The summed E-state index contributed by atoms with van der Waals surface area (Å²) in [5, 5.41) is 1.64. The number of carbonyl (C=O) groups excluding carboxylic acids is 1. The van der Waals surface area contributed by atoms with Gasteiger partial charge in [-0.2, -0.15) is 0 Å². The average molecular weight is 383 g/mol. The molecule has 6 heteroatoms. The van der Waals surface area contributed by atoms with Gasteiger partial charge in [-0.15, -0.1) is 0 Å². The molecule has 1 amide bonds. The average Bonchev–Trinajstić information content (AvgIpc) is 3.04. The molecule has 1 N–H and O–H groups in total. The molecule has 2 aromatic heterocycles. The Morgan fingerprint density at radius 2 is 1.96 bits per heavy atom. The van der Waals surface area contributed by atoms with Crippen LogP contribution in [-0.4, -0.2) is 45.9 Å². The summed E-state index contributed by atoms with van der Waals surface area (Å²) < 4.78 is 0. The van der Waals surface area contributed by atoms with Crippen LogP contribution < -0.4 is 4.90 Å². The van der Waals surface area contributed by atoms with E-state index in [1.165, 1.54) is 5.69 Å². The largest absolute Gasteiger partial charge is 0.367 e. The Labute approximate surface area is 163 Å². The number of fused-ring (bicyclic) bond motifs is 1. The number of carbonyl (C=O) groups is 1. The second kappa shape index (κ2) is 6.89. The van der Waals surface area contributed by atoms with E-state index in [1.807, 2.05) is 17.2 Å². The smallest absolute Gasteiger partial charge is 0.220 e. The van der Waals surface area contributed by atoms with Gasteiger partial charge in [0.1, 0.15) is 5.65 Å². The van der Waals surface area contributed by atoms with Gasteiger partial charge in [-0.25, -0.2) is 4.98 Å². The molecular weight excluding hydrogens is 360 g/mol. The topological polar surface area (TPSA) is 52.2 Å². The molecule has 1 aliphatic heterocycles. The van der Waals surface area contributed by atoms with Crippen LogP contribution in [0.4, 0.5) is 5.69 Å². The number of pyridine rings is 1. The van der Waals surface area contributed by atoms with Gasteiger partial charge in [0.15, 0.2) is 0 Å². The minimum atomic E-state index is 0.145. The van der Waals surface area contributed by atoms with Crippen molar-refractivity contribution in [2.24, 2.45) is 0 Å². The Balaban J connectivity index is 1.67. The molecule has 0 unspecified atom stereocenters. The molecular formula is C21H23ClN4O. The number of halogens is 1. The highest BCUT2D eigenvalue weighted by Crippen LogP contribution is 2.32. The summed E-state index contributed by atoms with van der Waals surface area (Å²) in [5.74, 6) is 0.145. The SMILES string of the molecule is CC(=O)N1[C@H](C)CN(c2cccc(-c3c[nH]c4ncc(Cl)cc34)c2)C[C@@H]1C. The monoisotopic (exact) mass is 382 g/mol. The number of hydrogen-bond acceptors (Lipinski definition) is 3. The number of anilines is 1. The Morgan fingerprint density at radius 3 is 2.67 bits per heavy atom. The van der Waals surface area contributed by atoms with Crippen LogP contribution in [0.3, 0.4) is 0 Å². The molecule has 0 saturated carbocycles. The van der Waals surface area contributed by atoms with E-state index in [0.717, 1.165) is 35.2 Å². The highest BCUT2D eigenvalue weighted by molar-refractivity contribution is 6.31. The van der Waals surface area contributed by atoms with Gasteiger partial charge < -0.3 is 14.8 Å². The van der Waals surface area contributed by atoms with Gasteiger partial charge in [0, 0.05) is 61.1 Å². The molecule has 1 aromatic carbocycles. The van der Waals surface area contributed by atoms with Crippen molar-refractivity contribution in [3.8, 4) is 11.1 Å². The number of hydrogen-bond donors (Lipinski definition) is 1. The van der Waals surface area contributed by atoms with Crippen LogP contribution in [0.15, 0.2) is 42.7 Å². The number of H-pyrrole nitrogens is 1. The van der Waals surface area contributed by atoms with Gasteiger partial charge >= 0.3 is 0 Å². The molecule has 1 fully saturated rings. The lowest BCUT2D eigenvalue weighted by molar-refractivity contribution is -0.133. The summed E-state index contributed by atoms with van der Waals surface area (Å²) in [4.78, 5) is 23.8. The zero-order valence-corrected chi connectivity index (χ0v) is 16.5. The van der Waals surface area contributed by atoms with Crippen molar-refractivity contribution in [3.63, 3.8) is 0 Å². The lowest BCUT2D eigenvalue weighted by Crippen LogP contribution is -2.58. The summed E-state index contributed by atoms with van der Waals surface area (Å²) in [6.45, 7) is 7.53. The van der Waals surface area contributed by atoms with Crippen molar-refractivity contribution in [1.82, 2.24) is 14.9 Å². The first-order chi connectivity index (χ1) is 12.9. The van der Waals surface area contributed by atoms with Gasteiger partial charge in [-0.3, -0.25) is 4.79 Å². The van der Waals surface area contributed by atoms with Crippen molar-refractivity contribution in [1.29, 1.82) is 0 Å². The number of amides is 1. The maximum atomic E-state index is 11.9. The van der Waals surface area contributed by atoms with Gasteiger partial charge in [0.05, 0.1) is 5.02 Å². The Bertz CT molecular complexity index is 987. The summed E-state index contributed by atoms with van der Waals surface area (Å²) in [6.07, 6.45) is 3.63. The molecule has 2 atom stereocenters. The maximum Gasteiger partial charge on any atom is 0.220 e. The first-order valence-electron chi connectivity index (χ1n) is 9.21. The number of benzene rings is 1.